The molecular formula is C52H43NS. The summed E-state index contributed by atoms with van der Waals surface area (Å²) in [6.45, 7) is 0. The van der Waals surface area contributed by atoms with Crippen LogP contribution in [-0.2, 0) is 6.42 Å². The fourth-order valence-electron chi connectivity index (χ4n) is 8.79. The standard InChI is InChI=1S/C52H43NS/c1-4-13-36(14-5-1)39-23-25-42(26-24-39)46-21-12-22-49-50(46)51-47-20-11-10-19-43(47)35-48(52(51)54-49)53(44-31-27-40(28-32-44)37-15-6-2-7-16-37)45-33-29-41(30-34-45)38-17-8-3-9-18-38/h1-2,4-8,11-13,15,17-18,20-37H,3,9-10,14,16,19H2. The molecule has 2 atom stereocenters. The fourth-order valence-corrected chi connectivity index (χ4v) is 10.0. The van der Waals surface area contributed by atoms with Gasteiger partial charge in [-0.1, -0.05) is 140 Å². The fraction of sp³-hybridized carbons (Fsp3) is 0.154. The van der Waals surface area contributed by atoms with Gasteiger partial charge in [0, 0.05) is 38.7 Å². The minimum atomic E-state index is 0.418. The first-order valence-electron chi connectivity index (χ1n) is 19.6. The third-order valence-electron chi connectivity index (χ3n) is 11.6. The van der Waals surface area contributed by atoms with Crippen LogP contribution in [-0.4, -0.2) is 0 Å². The normalized spacial score (nSPS) is 18.7. The van der Waals surface area contributed by atoms with Crippen LogP contribution in [0.15, 0.2) is 170 Å². The van der Waals surface area contributed by atoms with Gasteiger partial charge in [0.2, 0.25) is 0 Å². The van der Waals surface area contributed by atoms with Crippen LogP contribution < -0.4 is 4.90 Å². The Hall–Kier alpha value is -5.70. The van der Waals surface area contributed by atoms with E-state index >= 15 is 0 Å². The quantitative estimate of drug-likeness (QED) is 0.159. The van der Waals surface area contributed by atoms with Crippen molar-refractivity contribution in [3.05, 3.63) is 198 Å². The lowest BCUT2D eigenvalue weighted by Gasteiger charge is -2.28. The van der Waals surface area contributed by atoms with Gasteiger partial charge >= 0.3 is 0 Å². The van der Waals surface area contributed by atoms with Gasteiger partial charge in [0.25, 0.3) is 0 Å². The highest BCUT2D eigenvalue weighted by Crippen LogP contribution is 2.50. The Morgan fingerprint density at radius 2 is 1.24 bits per heavy atom. The van der Waals surface area contributed by atoms with Gasteiger partial charge in [-0.15, -0.1) is 11.3 Å². The highest BCUT2D eigenvalue weighted by molar-refractivity contribution is 7.26. The largest absolute Gasteiger partial charge is 0.309 e. The molecule has 4 aliphatic rings. The smallest absolute Gasteiger partial charge is 0.0643 e. The highest BCUT2D eigenvalue weighted by atomic mass is 32.1. The SMILES string of the molecule is C1=CCC(c2ccc(-c3cccc4sc5c(N(c6ccc(C7=CCCC=C7)cc6)c6ccc(C7C=CC=CC7)cc6)cc6c(c5c34)C=CCC6)cc2)C=C1. The minimum Gasteiger partial charge on any atom is -0.309 e. The topological polar surface area (TPSA) is 3.24 Å². The Labute approximate surface area is 323 Å². The third-order valence-corrected chi connectivity index (χ3v) is 12.8. The molecule has 0 spiro atoms. The van der Waals surface area contributed by atoms with Crippen LogP contribution in [0.1, 0.15) is 71.8 Å². The van der Waals surface area contributed by atoms with Gasteiger partial charge < -0.3 is 4.90 Å². The first-order chi connectivity index (χ1) is 26.8. The van der Waals surface area contributed by atoms with Crippen molar-refractivity contribution in [1.29, 1.82) is 0 Å². The number of nitrogens with zero attached hydrogens (tertiary/aromatic N) is 1. The summed E-state index contributed by atoms with van der Waals surface area (Å²) in [5, 5.41) is 2.75. The second kappa shape index (κ2) is 14.3. The van der Waals surface area contributed by atoms with Gasteiger partial charge in [-0.25, -0.2) is 0 Å². The van der Waals surface area contributed by atoms with E-state index in [1.165, 1.54) is 81.8 Å². The zero-order chi connectivity index (χ0) is 35.8. The maximum absolute atomic E-state index is 2.52. The zero-order valence-corrected chi connectivity index (χ0v) is 31.3. The highest BCUT2D eigenvalue weighted by Gasteiger charge is 2.25. The summed E-state index contributed by atoms with van der Waals surface area (Å²) in [5.41, 5.74) is 14.4. The Kier molecular flexibility index (Phi) is 8.70. The predicted molar refractivity (Wildman–Crippen MR) is 234 cm³/mol. The molecule has 2 unspecified atom stereocenters. The molecule has 0 saturated carbocycles. The van der Waals surface area contributed by atoms with Gasteiger partial charge in [0.05, 0.1) is 10.4 Å². The van der Waals surface area contributed by atoms with Crippen LogP contribution in [0.2, 0.25) is 0 Å². The number of aryl methyl sites for hydroxylation is 1. The van der Waals surface area contributed by atoms with Gasteiger partial charge in [-0.2, -0.15) is 0 Å². The molecule has 5 aromatic carbocycles. The summed E-state index contributed by atoms with van der Waals surface area (Å²) < 4.78 is 2.67. The minimum absolute atomic E-state index is 0.418. The van der Waals surface area contributed by atoms with Crippen LogP contribution >= 0.6 is 11.3 Å². The number of benzene rings is 5. The maximum atomic E-state index is 2.52. The molecule has 0 amide bonds. The molecule has 0 aliphatic heterocycles. The lowest BCUT2D eigenvalue weighted by molar-refractivity contribution is 0.854. The number of allylic oxidation sites excluding steroid dienone is 13. The molecule has 1 nitrogen and oxygen atoms in total. The average molecular weight is 714 g/mol. The van der Waals surface area contributed by atoms with Crippen molar-refractivity contribution in [2.75, 3.05) is 4.90 Å². The summed E-state index contributed by atoms with van der Waals surface area (Å²) >= 11 is 1.94. The second-order valence-electron chi connectivity index (χ2n) is 14.9. The zero-order valence-electron chi connectivity index (χ0n) is 30.5. The van der Waals surface area contributed by atoms with Crippen molar-refractivity contribution in [1.82, 2.24) is 0 Å². The third kappa shape index (κ3) is 6.05. The number of anilines is 3. The number of thiophene rings is 1. The van der Waals surface area contributed by atoms with E-state index in [1.807, 2.05) is 11.3 Å². The van der Waals surface area contributed by atoms with E-state index in [-0.39, 0.29) is 0 Å². The lowest BCUT2D eigenvalue weighted by atomic mass is 9.88. The molecule has 0 N–H and O–H groups in total. The summed E-state index contributed by atoms with van der Waals surface area (Å²) in [6.07, 6.45) is 36.0. The molecule has 1 heterocycles. The number of rotatable bonds is 7. The van der Waals surface area contributed by atoms with Crippen molar-refractivity contribution in [3.63, 3.8) is 0 Å². The van der Waals surface area contributed by atoms with Crippen LogP contribution in [0.4, 0.5) is 17.1 Å². The van der Waals surface area contributed by atoms with Crippen molar-refractivity contribution in [2.45, 2.75) is 50.4 Å². The monoisotopic (exact) mass is 713 g/mol. The van der Waals surface area contributed by atoms with Crippen molar-refractivity contribution >= 4 is 60.2 Å². The van der Waals surface area contributed by atoms with E-state index in [0.717, 1.165) is 38.5 Å². The van der Waals surface area contributed by atoms with Gasteiger partial charge in [0.15, 0.2) is 0 Å². The molecule has 10 rings (SSSR count). The van der Waals surface area contributed by atoms with Crippen molar-refractivity contribution in [3.8, 4) is 11.1 Å². The summed E-state index contributed by atoms with van der Waals surface area (Å²) in [6, 6.07) is 37.4. The first kappa shape index (κ1) is 32.9. The molecular weight excluding hydrogens is 671 g/mol. The van der Waals surface area contributed by atoms with E-state index in [1.54, 1.807) is 0 Å². The van der Waals surface area contributed by atoms with E-state index in [2.05, 4.69) is 181 Å². The van der Waals surface area contributed by atoms with Crippen LogP contribution in [0, 0.1) is 0 Å². The summed E-state index contributed by atoms with van der Waals surface area (Å²) in [5.74, 6) is 0.865. The van der Waals surface area contributed by atoms with E-state index < -0.39 is 0 Å². The molecule has 0 radical (unpaired) electrons. The van der Waals surface area contributed by atoms with E-state index in [0.29, 0.717) is 11.8 Å². The van der Waals surface area contributed by atoms with Gasteiger partial charge in [0.1, 0.15) is 0 Å². The molecule has 0 fully saturated rings. The van der Waals surface area contributed by atoms with Crippen molar-refractivity contribution < 1.29 is 0 Å². The first-order valence-corrected chi connectivity index (χ1v) is 20.4. The number of fused-ring (bicyclic) bond motifs is 5. The second-order valence-corrected chi connectivity index (χ2v) is 16.0. The molecule has 2 heteroatoms. The molecule has 54 heavy (non-hydrogen) atoms. The Morgan fingerprint density at radius 1 is 0.574 bits per heavy atom. The molecule has 0 bridgehead atoms. The number of hydrogen-bond acceptors (Lipinski definition) is 2. The lowest BCUT2D eigenvalue weighted by Crippen LogP contribution is -2.12. The van der Waals surface area contributed by atoms with E-state index in [4.69, 9.17) is 0 Å². The molecule has 4 aliphatic carbocycles. The van der Waals surface area contributed by atoms with Crippen molar-refractivity contribution in [2.24, 2.45) is 0 Å². The Morgan fingerprint density at radius 3 is 1.91 bits per heavy atom. The van der Waals surface area contributed by atoms with Crippen LogP contribution in [0.3, 0.4) is 0 Å². The molecule has 0 saturated heterocycles. The Balaban J connectivity index is 1.15. The summed E-state index contributed by atoms with van der Waals surface area (Å²) in [4.78, 5) is 2.52. The van der Waals surface area contributed by atoms with Crippen LogP contribution in [0.25, 0.3) is 42.9 Å². The molecule has 1 aromatic heterocycles. The molecule has 262 valence electrons. The molecule has 6 aromatic rings. The Bertz CT molecular complexity index is 2580. The van der Waals surface area contributed by atoms with E-state index in [9.17, 15) is 0 Å². The predicted octanol–water partition coefficient (Wildman–Crippen LogP) is 15.1. The summed E-state index contributed by atoms with van der Waals surface area (Å²) in [7, 11) is 0. The van der Waals surface area contributed by atoms with Crippen LogP contribution in [0.5, 0.6) is 0 Å². The maximum Gasteiger partial charge on any atom is 0.0643 e. The number of hydrogen-bond donors (Lipinski definition) is 0. The van der Waals surface area contributed by atoms with Gasteiger partial charge in [-0.05, 0) is 119 Å². The van der Waals surface area contributed by atoms with Gasteiger partial charge in [-0.3, -0.25) is 0 Å². The average Bonchev–Trinajstić information content (AvgIpc) is 3.66.